The summed E-state index contributed by atoms with van der Waals surface area (Å²) in [7, 11) is 3.09. The molecule has 1 saturated heterocycles. The third-order valence-corrected chi connectivity index (χ3v) is 5.46. The van der Waals surface area contributed by atoms with Crippen molar-refractivity contribution >= 4 is 33.4 Å². The van der Waals surface area contributed by atoms with E-state index in [1.54, 1.807) is 50.6 Å². The monoisotopic (exact) mass is 459 g/mol. The van der Waals surface area contributed by atoms with E-state index in [-0.39, 0.29) is 11.3 Å². The number of amides is 1. The van der Waals surface area contributed by atoms with Gasteiger partial charge in [0.15, 0.2) is 0 Å². The molecule has 29 heavy (non-hydrogen) atoms. The fraction of sp³-hybridized carbons (Fsp3) is 0.273. The Hall–Kier alpha value is -2.80. The van der Waals surface area contributed by atoms with Crippen LogP contribution in [0.3, 0.4) is 0 Å². The van der Waals surface area contributed by atoms with Crippen LogP contribution in [0.25, 0.3) is 5.76 Å². The molecule has 6 nitrogen and oxygen atoms in total. The van der Waals surface area contributed by atoms with Gasteiger partial charge in [-0.15, -0.1) is 0 Å². The summed E-state index contributed by atoms with van der Waals surface area (Å²) in [6.07, 6.45) is 0.682. The van der Waals surface area contributed by atoms with E-state index in [1.807, 2.05) is 13.0 Å². The van der Waals surface area contributed by atoms with E-state index in [0.29, 0.717) is 40.1 Å². The van der Waals surface area contributed by atoms with Gasteiger partial charge in [0, 0.05) is 12.1 Å². The molecule has 1 aliphatic rings. The van der Waals surface area contributed by atoms with Crippen LogP contribution in [0, 0.1) is 0 Å². The van der Waals surface area contributed by atoms with Crippen LogP contribution in [-0.2, 0) is 9.59 Å². The highest BCUT2D eigenvalue weighted by molar-refractivity contribution is 9.10. The smallest absolute Gasteiger partial charge is 0.295 e. The van der Waals surface area contributed by atoms with Crippen LogP contribution in [0.1, 0.15) is 30.5 Å². The van der Waals surface area contributed by atoms with Gasteiger partial charge in [-0.3, -0.25) is 9.59 Å². The lowest BCUT2D eigenvalue weighted by Gasteiger charge is -2.25. The Morgan fingerprint density at radius 3 is 2.52 bits per heavy atom. The molecule has 1 atom stereocenters. The van der Waals surface area contributed by atoms with E-state index in [2.05, 4.69) is 15.9 Å². The molecule has 1 amide bonds. The first kappa shape index (κ1) is 20.9. The number of rotatable bonds is 6. The number of hydrogen-bond donors (Lipinski definition) is 1. The van der Waals surface area contributed by atoms with E-state index in [1.165, 1.54) is 4.90 Å². The van der Waals surface area contributed by atoms with Crippen molar-refractivity contribution in [3.63, 3.8) is 0 Å². The van der Waals surface area contributed by atoms with Crippen molar-refractivity contribution in [3.05, 3.63) is 63.6 Å². The molecule has 7 heteroatoms. The van der Waals surface area contributed by atoms with E-state index < -0.39 is 17.7 Å². The minimum absolute atomic E-state index is 0.0637. The molecule has 0 radical (unpaired) electrons. The number of likely N-dealkylation sites (tertiary alicyclic amines) is 1. The van der Waals surface area contributed by atoms with Crippen molar-refractivity contribution < 1.29 is 24.2 Å². The summed E-state index contributed by atoms with van der Waals surface area (Å²) < 4.78 is 11.1. The Balaban J connectivity index is 2.19. The van der Waals surface area contributed by atoms with E-state index in [9.17, 15) is 14.7 Å². The number of halogens is 1. The molecule has 2 aromatic rings. The van der Waals surface area contributed by atoms with Gasteiger partial charge in [-0.05, 0) is 58.2 Å². The maximum absolute atomic E-state index is 12.9. The summed E-state index contributed by atoms with van der Waals surface area (Å²) in [5.41, 5.74) is 1.18. The summed E-state index contributed by atoms with van der Waals surface area (Å²) in [6, 6.07) is 11.5. The SMILES string of the molecule is CCCN1C(=O)C(=O)/C(=C(\O)c2ccc(OC)c(Br)c2)C1c1cccc(OC)c1. The predicted octanol–water partition coefficient (Wildman–Crippen LogP) is 4.30. The molecule has 1 fully saturated rings. The fourth-order valence-electron chi connectivity index (χ4n) is 3.48. The van der Waals surface area contributed by atoms with Gasteiger partial charge in [-0.25, -0.2) is 0 Å². The summed E-state index contributed by atoms with van der Waals surface area (Å²) in [6.45, 7) is 2.33. The second kappa shape index (κ2) is 8.69. The number of methoxy groups -OCH3 is 2. The number of ether oxygens (including phenoxy) is 2. The second-order valence-electron chi connectivity index (χ2n) is 6.62. The van der Waals surface area contributed by atoms with Crippen molar-refractivity contribution in [1.82, 2.24) is 4.90 Å². The second-order valence-corrected chi connectivity index (χ2v) is 7.47. The van der Waals surface area contributed by atoms with E-state index >= 15 is 0 Å². The average Bonchev–Trinajstić information content (AvgIpc) is 2.98. The van der Waals surface area contributed by atoms with E-state index in [4.69, 9.17) is 9.47 Å². The predicted molar refractivity (Wildman–Crippen MR) is 113 cm³/mol. The molecule has 1 N–H and O–H groups in total. The summed E-state index contributed by atoms with van der Waals surface area (Å²) in [4.78, 5) is 27.1. The lowest BCUT2D eigenvalue weighted by Crippen LogP contribution is -2.30. The Morgan fingerprint density at radius 2 is 1.90 bits per heavy atom. The molecule has 0 aromatic heterocycles. The van der Waals surface area contributed by atoms with Gasteiger partial charge >= 0.3 is 0 Å². The summed E-state index contributed by atoms with van der Waals surface area (Å²) in [5.74, 6) is -0.336. The molecule has 0 saturated carbocycles. The first-order valence-corrected chi connectivity index (χ1v) is 9.98. The topological polar surface area (TPSA) is 76.1 Å². The van der Waals surface area contributed by atoms with Gasteiger partial charge in [-0.1, -0.05) is 19.1 Å². The first-order valence-electron chi connectivity index (χ1n) is 9.19. The zero-order chi connectivity index (χ0) is 21.1. The van der Waals surface area contributed by atoms with Crippen LogP contribution < -0.4 is 9.47 Å². The third kappa shape index (κ3) is 3.87. The Bertz CT molecular complexity index is 985. The van der Waals surface area contributed by atoms with Crippen LogP contribution >= 0.6 is 15.9 Å². The van der Waals surface area contributed by atoms with Crippen molar-refractivity contribution in [2.75, 3.05) is 20.8 Å². The number of aliphatic hydroxyl groups is 1. The van der Waals surface area contributed by atoms with Gasteiger partial charge in [0.05, 0.1) is 30.3 Å². The average molecular weight is 460 g/mol. The maximum atomic E-state index is 12.9. The standard InChI is InChI=1S/C22H22BrNO5/c1-4-10-24-19(13-6-5-7-15(11-13)28-2)18(21(26)22(24)27)20(25)14-8-9-17(29-3)16(23)12-14/h5-9,11-12,19,25H,4,10H2,1-3H3/b20-18-. The number of nitrogens with zero attached hydrogens (tertiary/aromatic N) is 1. The van der Waals surface area contributed by atoms with Crippen LogP contribution in [0.5, 0.6) is 11.5 Å². The number of carbonyl (C=O) groups excluding carboxylic acids is 2. The number of carbonyl (C=O) groups is 2. The molecule has 1 heterocycles. The number of ketones is 1. The van der Waals surface area contributed by atoms with Crippen LogP contribution in [0.4, 0.5) is 0 Å². The minimum Gasteiger partial charge on any atom is -0.507 e. The lowest BCUT2D eigenvalue weighted by molar-refractivity contribution is -0.139. The molecule has 0 bridgehead atoms. The normalized spacial score (nSPS) is 18.2. The van der Waals surface area contributed by atoms with Gasteiger partial charge in [0.2, 0.25) is 0 Å². The molecular weight excluding hydrogens is 438 g/mol. The fourth-order valence-corrected chi connectivity index (χ4v) is 4.02. The number of Topliss-reactive ketones (excluding diaryl/α,β-unsaturated/α-hetero) is 1. The molecule has 1 aliphatic heterocycles. The molecule has 0 aliphatic carbocycles. The zero-order valence-electron chi connectivity index (χ0n) is 16.4. The van der Waals surface area contributed by atoms with Crippen LogP contribution in [0.15, 0.2) is 52.5 Å². The molecule has 2 aromatic carbocycles. The van der Waals surface area contributed by atoms with Gasteiger partial charge in [0.25, 0.3) is 11.7 Å². The van der Waals surface area contributed by atoms with Crippen molar-refractivity contribution in [2.45, 2.75) is 19.4 Å². The molecule has 3 rings (SSSR count). The highest BCUT2D eigenvalue weighted by Gasteiger charge is 2.45. The summed E-state index contributed by atoms with van der Waals surface area (Å²) >= 11 is 3.39. The molecular formula is C22H22BrNO5. The third-order valence-electron chi connectivity index (χ3n) is 4.84. The van der Waals surface area contributed by atoms with Gasteiger partial charge in [-0.2, -0.15) is 0 Å². The van der Waals surface area contributed by atoms with Gasteiger partial charge < -0.3 is 19.5 Å². The van der Waals surface area contributed by atoms with Crippen molar-refractivity contribution in [2.24, 2.45) is 0 Å². The van der Waals surface area contributed by atoms with Crippen LogP contribution in [0.2, 0.25) is 0 Å². The minimum atomic E-state index is -0.698. The number of hydrogen-bond acceptors (Lipinski definition) is 5. The highest BCUT2D eigenvalue weighted by Crippen LogP contribution is 2.41. The molecule has 1 unspecified atom stereocenters. The molecule has 152 valence electrons. The number of benzene rings is 2. The van der Waals surface area contributed by atoms with Crippen LogP contribution in [-0.4, -0.2) is 42.5 Å². The van der Waals surface area contributed by atoms with E-state index in [0.717, 1.165) is 0 Å². The maximum Gasteiger partial charge on any atom is 0.295 e. The number of aliphatic hydroxyl groups excluding tert-OH is 1. The Labute approximate surface area is 177 Å². The van der Waals surface area contributed by atoms with Crippen molar-refractivity contribution in [3.8, 4) is 11.5 Å². The Kier molecular flexibility index (Phi) is 6.27. The summed E-state index contributed by atoms with van der Waals surface area (Å²) in [5, 5.41) is 11.0. The van der Waals surface area contributed by atoms with Crippen molar-refractivity contribution in [1.29, 1.82) is 0 Å². The Morgan fingerprint density at radius 1 is 1.14 bits per heavy atom. The first-order chi connectivity index (χ1) is 13.9. The van der Waals surface area contributed by atoms with Gasteiger partial charge in [0.1, 0.15) is 17.3 Å². The molecule has 0 spiro atoms. The quantitative estimate of drug-likeness (QED) is 0.395. The highest BCUT2D eigenvalue weighted by atomic mass is 79.9. The lowest BCUT2D eigenvalue weighted by atomic mass is 9.95. The zero-order valence-corrected chi connectivity index (χ0v) is 18.0. The largest absolute Gasteiger partial charge is 0.507 e.